The fourth-order valence-electron chi connectivity index (χ4n) is 1.53. The normalized spacial score (nSPS) is 10.1. The number of aromatic hydroxyl groups is 1. The van der Waals surface area contributed by atoms with Crippen LogP contribution in [-0.2, 0) is 10.2 Å². The van der Waals surface area contributed by atoms with E-state index < -0.39 is 0 Å². The standard InChI is InChI=1S/C10H12O.C7H6O2/c1-10(2,8-11)9-6-4-3-5-7-9;8-5-6-2-1-3-7(9)4-6/h3-8H,1-2H3;1-5,9H. The van der Waals surface area contributed by atoms with Crippen molar-refractivity contribution >= 4 is 12.6 Å². The Morgan fingerprint density at radius 1 is 0.950 bits per heavy atom. The minimum absolute atomic E-state index is 0.125. The third-order valence-corrected chi connectivity index (χ3v) is 2.82. The van der Waals surface area contributed by atoms with E-state index in [9.17, 15) is 9.59 Å². The molecule has 0 saturated heterocycles. The second kappa shape index (κ2) is 7.24. The molecule has 104 valence electrons. The van der Waals surface area contributed by atoms with Crippen LogP contribution in [0.2, 0.25) is 0 Å². The second-order valence-electron chi connectivity index (χ2n) is 4.92. The molecule has 2 aromatic carbocycles. The molecule has 0 spiro atoms. The molecule has 0 radical (unpaired) electrons. The number of hydrogen-bond acceptors (Lipinski definition) is 3. The number of benzene rings is 2. The van der Waals surface area contributed by atoms with Gasteiger partial charge in [0.05, 0.1) is 0 Å². The number of phenols is 1. The Morgan fingerprint density at radius 3 is 2.05 bits per heavy atom. The highest BCUT2D eigenvalue weighted by atomic mass is 16.3. The van der Waals surface area contributed by atoms with E-state index in [2.05, 4.69) is 0 Å². The van der Waals surface area contributed by atoms with E-state index in [0.29, 0.717) is 11.8 Å². The van der Waals surface area contributed by atoms with Gasteiger partial charge in [-0.25, -0.2) is 0 Å². The average Bonchev–Trinajstić information content (AvgIpc) is 2.49. The smallest absolute Gasteiger partial charge is 0.150 e. The predicted octanol–water partition coefficient (Wildman–Crippen LogP) is 3.37. The summed E-state index contributed by atoms with van der Waals surface area (Å²) in [5.41, 5.74) is 1.21. The molecule has 0 aliphatic heterocycles. The molecular weight excluding hydrogens is 252 g/mol. The third kappa shape index (κ3) is 4.69. The zero-order valence-electron chi connectivity index (χ0n) is 11.6. The first-order valence-electron chi connectivity index (χ1n) is 6.25. The molecule has 0 saturated carbocycles. The largest absolute Gasteiger partial charge is 0.508 e. The van der Waals surface area contributed by atoms with E-state index in [-0.39, 0.29) is 11.2 Å². The maximum Gasteiger partial charge on any atom is 0.150 e. The van der Waals surface area contributed by atoms with Crippen LogP contribution in [-0.4, -0.2) is 17.7 Å². The van der Waals surface area contributed by atoms with E-state index in [4.69, 9.17) is 5.11 Å². The number of rotatable bonds is 3. The lowest BCUT2D eigenvalue weighted by molar-refractivity contribution is -0.111. The van der Waals surface area contributed by atoms with Crippen molar-refractivity contribution < 1.29 is 14.7 Å². The van der Waals surface area contributed by atoms with Crippen LogP contribution < -0.4 is 0 Å². The zero-order chi connectivity index (χ0) is 15.0. The van der Waals surface area contributed by atoms with Crippen LogP contribution in [0.3, 0.4) is 0 Å². The number of phenolic OH excluding ortho intramolecular Hbond substituents is 1. The number of carbonyl (C=O) groups excluding carboxylic acids is 2. The summed E-state index contributed by atoms with van der Waals surface area (Å²) in [5, 5.41) is 8.79. The Morgan fingerprint density at radius 2 is 1.60 bits per heavy atom. The first-order chi connectivity index (χ1) is 9.49. The summed E-state index contributed by atoms with van der Waals surface area (Å²) >= 11 is 0. The molecule has 0 aliphatic carbocycles. The van der Waals surface area contributed by atoms with E-state index in [0.717, 1.165) is 11.8 Å². The highest BCUT2D eigenvalue weighted by Crippen LogP contribution is 2.19. The summed E-state index contributed by atoms with van der Waals surface area (Å²) in [4.78, 5) is 20.7. The molecule has 2 rings (SSSR count). The van der Waals surface area contributed by atoms with Crippen molar-refractivity contribution in [2.75, 3.05) is 0 Å². The quantitative estimate of drug-likeness (QED) is 0.870. The molecular formula is C17H18O3. The number of hydrogen-bond donors (Lipinski definition) is 1. The highest BCUT2D eigenvalue weighted by molar-refractivity contribution is 5.75. The van der Waals surface area contributed by atoms with Gasteiger partial charge in [-0.2, -0.15) is 0 Å². The van der Waals surface area contributed by atoms with Crippen molar-refractivity contribution in [1.29, 1.82) is 0 Å². The van der Waals surface area contributed by atoms with Gasteiger partial charge in [-0.05, 0) is 31.5 Å². The maximum absolute atomic E-state index is 10.6. The molecule has 0 atom stereocenters. The fraction of sp³-hybridized carbons (Fsp3) is 0.176. The van der Waals surface area contributed by atoms with E-state index in [1.165, 1.54) is 12.1 Å². The molecule has 20 heavy (non-hydrogen) atoms. The summed E-state index contributed by atoms with van der Waals surface area (Å²) in [5.74, 6) is 0.125. The number of aldehydes is 2. The zero-order valence-corrected chi connectivity index (χ0v) is 11.6. The van der Waals surface area contributed by atoms with Gasteiger partial charge in [0.2, 0.25) is 0 Å². The molecule has 0 fully saturated rings. The van der Waals surface area contributed by atoms with Crippen LogP contribution in [0.15, 0.2) is 54.6 Å². The summed E-state index contributed by atoms with van der Waals surface area (Å²) in [6, 6.07) is 16.0. The van der Waals surface area contributed by atoms with Crippen LogP contribution in [0.5, 0.6) is 5.75 Å². The molecule has 3 heteroatoms. The molecule has 0 aliphatic rings. The van der Waals surface area contributed by atoms with Crippen LogP contribution in [0.1, 0.15) is 29.8 Å². The lowest BCUT2D eigenvalue weighted by Crippen LogP contribution is -2.18. The van der Waals surface area contributed by atoms with Crippen molar-refractivity contribution in [2.45, 2.75) is 19.3 Å². The Bertz CT molecular complexity index is 559. The van der Waals surface area contributed by atoms with Crippen LogP contribution in [0, 0.1) is 0 Å². The van der Waals surface area contributed by atoms with Gasteiger partial charge in [-0.15, -0.1) is 0 Å². The Kier molecular flexibility index (Phi) is 5.66. The fourth-order valence-corrected chi connectivity index (χ4v) is 1.53. The van der Waals surface area contributed by atoms with Crippen LogP contribution >= 0.6 is 0 Å². The summed E-state index contributed by atoms with van der Waals surface area (Å²) in [7, 11) is 0. The first-order valence-corrected chi connectivity index (χ1v) is 6.25. The molecule has 0 bridgehead atoms. The van der Waals surface area contributed by atoms with Gasteiger partial charge in [0.15, 0.2) is 0 Å². The third-order valence-electron chi connectivity index (χ3n) is 2.82. The lowest BCUT2D eigenvalue weighted by Gasteiger charge is -2.16. The van der Waals surface area contributed by atoms with Crippen molar-refractivity contribution in [3.63, 3.8) is 0 Å². The van der Waals surface area contributed by atoms with Gasteiger partial charge in [-0.1, -0.05) is 42.5 Å². The topological polar surface area (TPSA) is 54.4 Å². The average molecular weight is 270 g/mol. The summed E-state index contributed by atoms with van der Waals surface area (Å²) in [6.07, 6.45) is 1.67. The lowest BCUT2D eigenvalue weighted by atomic mass is 9.87. The molecule has 0 amide bonds. The minimum atomic E-state index is -0.346. The van der Waals surface area contributed by atoms with Crippen molar-refractivity contribution in [2.24, 2.45) is 0 Å². The van der Waals surface area contributed by atoms with Crippen LogP contribution in [0.25, 0.3) is 0 Å². The van der Waals surface area contributed by atoms with E-state index in [1.807, 2.05) is 44.2 Å². The van der Waals surface area contributed by atoms with Crippen molar-refractivity contribution in [3.05, 3.63) is 65.7 Å². The van der Waals surface area contributed by atoms with Crippen molar-refractivity contribution in [1.82, 2.24) is 0 Å². The molecule has 0 unspecified atom stereocenters. The first kappa shape index (κ1) is 15.6. The highest BCUT2D eigenvalue weighted by Gasteiger charge is 2.17. The van der Waals surface area contributed by atoms with Crippen LogP contribution in [0.4, 0.5) is 0 Å². The van der Waals surface area contributed by atoms with Gasteiger partial charge in [0, 0.05) is 11.0 Å². The van der Waals surface area contributed by atoms with E-state index in [1.54, 1.807) is 12.1 Å². The molecule has 0 heterocycles. The van der Waals surface area contributed by atoms with E-state index >= 15 is 0 Å². The monoisotopic (exact) mass is 270 g/mol. The number of carbonyl (C=O) groups is 2. The second-order valence-corrected chi connectivity index (χ2v) is 4.92. The minimum Gasteiger partial charge on any atom is -0.508 e. The molecule has 0 aromatic heterocycles. The van der Waals surface area contributed by atoms with Gasteiger partial charge in [0.1, 0.15) is 18.3 Å². The van der Waals surface area contributed by atoms with Gasteiger partial charge >= 0.3 is 0 Å². The Labute approximate surface area is 118 Å². The maximum atomic E-state index is 10.6. The predicted molar refractivity (Wildman–Crippen MR) is 79.0 cm³/mol. The molecule has 2 aromatic rings. The van der Waals surface area contributed by atoms with Gasteiger partial charge in [0.25, 0.3) is 0 Å². The summed E-state index contributed by atoms with van der Waals surface area (Å²) < 4.78 is 0. The Balaban J connectivity index is 0.000000204. The Hall–Kier alpha value is -2.42. The SMILES string of the molecule is CC(C)(C=O)c1ccccc1.O=Cc1cccc(O)c1. The molecule has 3 nitrogen and oxygen atoms in total. The van der Waals surface area contributed by atoms with Gasteiger partial charge in [-0.3, -0.25) is 4.79 Å². The molecule has 1 N–H and O–H groups in total. The van der Waals surface area contributed by atoms with Gasteiger partial charge < -0.3 is 9.90 Å². The summed E-state index contributed by atoms with van der Waals surface area (Å²) in [6.45, 7) is 3.82. The van der Waals surface area contributed by atoms with Crippen molar-refractivity contribution in [3.8, 4) is 5.75 Å².